The lowest BCUT2D eigenvalue weighted by Crippen LogP contribution is -2.60. The maximum absolute atomic E-state index is 13.2. The third kappa shape index (κ3) is 9.65. The van der Waals surface area contributed by atoms with Gasteiger partial charge in [-0.25, -0.2) is 4.79 Å². The van der Waals surface area contributed by atoms with Gasteiger partial charge in [0.2, 0.25) is 17.7 Å². The second kappa shape index (κ2) is 14.8. The molecule has 11 heteroatoms. The minimum atomic E-state index is -1.65. The number of benzene rings is 1. The van der Waals surface area contributed by atoms with E-state index in [0.717, 1.165) is 5.56 Å². The summed E-state index contributed by atoms with van der Waals surface area (Å²) in [5, 5.41) is 25.7. The van der Waals surface area contributed by atoms with Gasteiger partial charge in [-0.2, -0.15) is 0 Å². The van der Waals surface area contributed by atoms with Crippen LogP contribution in [0.1, 0.15) is 52.5 Å². The van der Waals surface area contributed by atoms with Gasteiger partial charge in [0.1, 0.15) is 18.1 Å². The molecule has 3 amide bonds. The molecule has 0 aliphatic heterocycles. The smallest absolute Gasteiger partial charge is 0.326 e. The quantitative estimate of drug-likeness (QED) is 0.200. The van der Waals surface area contributed by atoms with Crippen molar-refractivity contribution in [2.75, 3.05) is 0 Å². The number of hydrogen-bond acceptors (Lipinski definition) is 6. The van der Waals surface area contributed by atoms with Gasteiger partial charge >= 0.3 is 11.9 Å². The lowest BCUT2D eigenvalue weighted by molar-refractivity contribution is -0.147. The molecule has 0 heterocycles. The van der Waals surface area contributed by atoms with Crippen molar-refractivity contribution < 1.29 is 34.2 Å². The van der Waals surface area contributed by atoms with Crippen LogP contribution in [0.5, 0.6) is 0 Å². The van der Waals surface area contributed by atoms with Crippen molar-refractivity contribution in [1.29, 1.82) is 0 Å². The van der Waals surface area contributed by atoms with Crippen molar-refractivity contribution in [2.24, 2.45) is 17.6 Å². The van der Waals surface area contributed by atoms with Gasteiger partial charge in [-0.3, -0.25) is 19.2 Å². The van der Waals surface area contributed by atoms with E-state index >= 15 is 0 Å². The maximum atomic E-state index is 13.2. The molecule has 0 spiro atoms. The number of carbonyl (C=O) groups is 5. The predicted octanol–water partition coefficient (Wildman–Crippen LogP) is 0.662. The Hall–Kier alpha value is -3.47. The van der Waals surface area contributed by atoms with E-state index in [4.69, 9.17) is 10.8 Å². The Kier molecular flexibility index (Phi) is 12.6. The predicted molar refractivity (Wildman–Crippen MR) is 133 cm³/mol. The Morgan fingerprint density at radius 2 is 1.28 bits per heavy atom. The van der Waals surface area contributed by atoms with Gasteiger partial charge in [-0.05, 0) is 23.8 Å². The highest BCUT2D eigenvalue weighted by atomic mass is 16.4. The van der Waals surface area contributed by atoms with Crippen LogP contribution in [0.15, 0.2) is 30.3 Å². The number of aliphatic carboxylic acids is 2. The van der Waals surface area contributed by atoms with E-state index in [9.17, 15) is 29.1 Å². The number of nitrogens with one attached hydrogen (secondary N) is 3. The summed E-state index contributed by atoms with van der Waals surface area (Å²) in [6.07, 6.45) is 0.482. The topological polar surface area (TPSA) is 188 Å². The zero-order valence-electron chi connectivity index (χ0n) is 21.2. The molecule has 1 rings (SSSR count). The van der Waals surface area contributed by atoms with Gasteiger partial charge in [0.25, 0.3) is 0 Å². The number of carbonyl (C=O) groups excluding carboxylic acids is 3. The summed E-state index contributed by atoms with van der Waals surface area (Å²) in [6, 6.07) is 4.53. The zero-order valence-corrected chi connectivity index (χ0v) is 21.2. The molecule has 0 bridgehead atoms. The number of carboxylic acids is 2. The summed E-state index contributed by atoms with van der Waals surface area (Å²) in [7, 11) is 0. The number of hydrogen-bond donors (Lipinski definition) is 6. The van der Waals surface area contributed by atoms with Crippen LogP contribution in [0.2, 0.25) is 0 Å². The highest BCUT2D eigenvalue weighted by Gasteiger charge is 2.34. The van der Waals surface area contributed by atoms with Crippen molar-refractivity contribution in [3.8, 4) is 0 Å². The van der Waals surface area contributed by atoms with Gasteiger partial charge < -0.3 is 31.9 Å². The molecular formula is C25H38N4O7. The monoisotopic (exact) mass is 506 g/mol. The highest BCUT2D eigenvalue weighted by Crippen LogP contribution is 2.13. The van der Waals surface area contributed by atoms with Crippen LogP contribution in [0, 0.1) is 11.8 Å². The molecule has 1 aromatic rings. The van der Waals surface area contributed by atoms with E-state index in [2.05, 4.69) is 16.0 Å². The minimum Gasteiger partial charge on any atom is -0.481 e. The summed E-state index contributed by atoms with van der Waals surface area (Å²) >= 11 is 0. The molecular weight excluding hydrogens is 468 g/mol. The second-order valence-corrected chi connectivity index (χ2v) is 9.04. The van der Waals surface area contributed by atoms with E-state index in [1.807, 2.05) is 37.3 Å². The molecule has 0 aliphatic rings. The molecule has 11 nitrogen and oxygen atoms in total. The molecule has 200 valence electrons. The molecule has 0 aliphatic carbocycles. The largest absolute Gasteiger partial charge is 0.481 e. The summed E-state index contributed by atoms with van der Waals surface area (Å²) in [6.45, 7) is 7.12. The normalized spacial score (nSPS) is 15.9. The Morgan fingerprint density at radius 3 is 1.72 bits per heavy atom. The van der Waals surface area contributed by atoms with Crippen LogP contribution in [-0.4, -0.2) is 64.0 Å². The lowest BCUT2D eigenvalue weighted by Gasteiger charge is -2.30. The zero-order chi connectivity index (χ0) is 27.4. The molecule has 0 saturated heterocycles. The van der Waals surface area contributed by atoms with E-state index in [0.29, 0.717) is 12.8 Å². The molecule has 0 aromatic heterocycles. The Balaban J connectivity index is 3.01. The fraction of sp³-hybridized carbons (Fsp3) is 0.560. The molecule has 36 heavy (non-hydrogen) atoms. The van der Waals surface area contributed by atoms with E-state index in [1.54, 1.807) is 20.8 Å². The van der Waals surface area contributed by atoms with Crippen molar-refractivity contribution in [3.05, 3.63) is 35.9 Å². The van der Waals surface area contributed by atoms with Gasteiger partial charge in [0.05, 0.1) is 12.5 Å². The first-order valence-electron chi connectivity index (χ1n) is 12.1. The van der Waals surface area contributed by atoms with Crippen LogP contribution in [0.25, 0.3) is 0 Å². The van der Waals surface area contributed by atoms with Gasteiger partial charge in [0.15, 0.2) is 0 Å². The number of rotatable bonds is 15. The van der Waals surface area contributed by atoms with Crippen LogP contribution in [0.3, 0.4) is 0 Å². The van der Waals surface area contributed by atoms with Crippen molar-refractivity contribution in [3.63, 3.8) is 0 Å². The van der Waals surface area contributed by atoms with Crippen LogP contribution in [-0.2, 0) is 30.4 Å². The fourth-order valence-electron chi connectivity index (χ4n) is 3.50. The van der Waals surface area contributed by atoms with Crippen molar-refractivity contribution in [2.45, 2.75) is 77.5 Å². The van der Waals surface area contributed by atoms with E-state index < -0.39 is 66.2 Å². The first-order chi connectivity index (χ1) is 16.9. The van der Waals surface area contributed by atoms with Crippen LogP contribution < -0.4 is 21.7 Å². The highest BCUT2D eigenvalue weighted by molar-refractivity contribution is 5.95. The molecule has 6 atom stereocenters. The van der Waals surface area contributed by atoms with Crippen LogP contribution in [0.4, 0.5) is 0 Å². The van der Waals surface area contributed by atoms with Crippen LogP contribution >= 0.6 is 0 Å². The molecule has 0 fully saturated rings. The first-order valence-corrected chi connectivity index (χ1v) is 12.1. The van der Waals surface area contributed by atoms with E-state index in [-0.39, 0.29) is 12.3 Å². The molecule has 0 radical (unpaired) electrons. The summed E-state index contributed by atoms with van der Waals surface area (Å²) in [5.74, 6) is -5.54. The summed E-state index contributed by atoms with van der Waals surface area (Å²) in [5.41, 5.74) is 6.94. The molecule has 0 saturated carbocycles. The molecule has 7 N–H and O–H groups in total. The maximum Gasteiger partial charge on any atom is 0.326 e. The molecule has 6 unspecified atom stereocenters. The third-order valence-electron chi connectivity index (χ3n) is 6.21. The molecule has 1 aromatic carbocycles. The standard InChI is InChI=1S/C25H38N4O7/c1-5-14(3)20(23(33)27-18(25(35)36)13-19(30)31)29-24(34)21(15(4)6-2)28-22(32)17(26)12-16-10-8-7-9-11-16/h7-11,14-15,17-18,20-21H,5-6,12-13,26H2,1-4H3,(H,27,33)(H,28,32)(H,29,34)(H,30,31)(H,35,36). The third-order valence-corrected chi connectivity index (χ3v) is 6.21. The second-order valence-electron chi connectivity index (χ2n) is 9.04. The number of amides is 3. The Bertz CT molecular complexity index is 909. The minimum absolute atomic E-state index is 0.277. The summed E-state index contributed by atoms with van der Waals surface area (Å²) in [4.78, 5) is 61.3. The lowest BCUT2D eigenvalue weighted by atomic mass is 9.94. The SMILES string of the molecule is CCC(C)C(NC(=O)C(N)Cc1ccccc1)C(=O)NC(C(=O)NC(CC(=O)O)C(=O)O)C(C)CC. The number of nitrogens with two attached hydrogens (primary N) is 1. The fourth-order valence-corrected chi connectivity index (χ4v) is 3.50. The van der Waals surface area contributed by atoms with Gasteiger partial charge in [0, 0.05) is 0 Å². The van der Waals surface area contributed by atoms with E-state index in [1.165, 1.54) is 0 Å². The van der Waals surface area contributed by atoms with Crippen molar-refractivity contribution in [1.82, 2.24) is 16.0 Å². The Morgan fingerprint density at radius 1 is 0.806 bits per heavy atom. The van der Waals surface area contributed by atoms with Gasteiger partial charge in [-0.1, -0.05) is 70.9 Å². The average Bonchev–Trinajstić information content (AvgIpc) is 2.84. The summed E-state index contributed by atoms with van der Waals surface area (Å²) < 4.78 is 0. The van der Waals surface area contributed by atoms with Crippen molar-refractivity contribution >= 4 is 29.7 Å². The van der Waals surface area contributed by atoms with Gasteiger partial charge in [-0.15, -0.1) is 0 Å². The number of carboxylic acid groups (broad SMARTS) is 2. The first kappa shape index (κ1) is 30.6. The average molecular weight is 507 g/mol. The Labute approximate surface area is 211 Å².